The molecular weight excluding hydrogens is 374 g/mol. The van der Waals surface area contributed by atoms with E-state index in [0.717, 1.165) is 10.2 Å². The molecule has 0 atom stereocenters. The summed E-state index contributed by atoms with van der Waals surface area (Å²) in [7, 11) is 0. The van der Waals surface area contributed by atoms with Crippen LogP contribution in [0.2, 0.25) is 5.02 Å². The van der Waals surface area contributed by atoms with E-state index < -0.39 is 5.97 Å². The predicted molar refractivity (Wildman–Crippen MR) is 101 cm³/mol. The Labute approximate surface area is 156 Å². The van der Waals surface area contributed by atoms with E-state index in [9.17, 15) is 9.59 Å². The highest BCUT2D eigenvalue weighted by Crippen LogP contribution is 2.26. The van der Waals surface area contributed by atoms with Crippen LogP contribution in [0.1, 0.15) is 11.9 Å². The van der Waals surface area contributed by atoms with Gasteiger partial charge in [0.15, 0.2) is 0 Å². The van der Waals surface area contributed by atoms with Crippen LogP contribution in [0.15, 0.2) is 47.3 Å². The second kappa shape index (κ2) is 6.51. The van der Waals surface area contributed by atoms with Crippen LogP contribution in [0.4, 0.5) is 0 Å². The van der Waals surface area contributed by atoms with Gasteiger partial charge in [-0.1, -0.05) is 23.7 Å². The Hall–Kier alpha value is -2.77. The van der Waals surface area contributed by atoms with Crippen LogP contribution in [-0.2, 0) is 11.3 Å². The summed E-state index contributed by atoms with van der Waals surface area (Å²) in [6.45, 7) is 1.47. The standard InChI is InChI=1S/C18H12ClN3O3S/c1-10(23)25-17-12-4-2-3-5-13(12)18(24)22(21-17)9-16-20-14-8-11(19)6-7-15(14)26-16/h2-8H,9H2,1H3. The highest BCUT2D eigenvalue weighted by Gasteiger charge is 2.14. The van der Waals surface area contributed by atoms with Gasteiger partial charge in [0.2, 0.25) is 5.88 Å². The van der Waals surface area contributed by atoms with E-state index in [1.165, 1.54) is 22.9 Å². The Morgan fingerprint density at radius 1 is 1.23 bits per heavy atom. The minimum absolute atomic E-state index is 0.108. The number of nitrogens with zero attached hydrogens (tertiary/aromatic N) is 3. The molecule has 0 radical (unpaired) electrons. The molecule has 2 aromatic carbocycles. The largest absolute Gasteiger partial charge is 0.405 e. The summed E-state index contributed by atoms with van der Waals surface area (Å²) < 4.78 is 7.43. The smallest absolute Gasteiger partial charge is 0.309 e. The monoisotopic (exact) mass is 385 g/mol. The summed E-state index contributed by atoms with van der Waals surface area (Å²) in [6, 6.07) is 12.4. The molecule has 26 heavy (non-hydrogen) atoms. The molecule has 0 unspecified atom stereocenters. The first kappa shape index (κ1) is 16.7. The number of fused-ring (bicyclic) bond motifs is 2. The number of aromatic nitrogens is 3. The van der Waals surface area contributed by atoms with Crippen LogP contribution in [0.25, 0.3) is 21.0 Å². The maximum absolute atomic E-state index is 12.8. The maximum Gasteiger partial charge on any atom is 0.309 e. The van der Waals surface area contributed by atoms with Crippen molar-refractivity contribution in [2.24, 2.45) is 0 Å². The van der Waals surface area contributed by atoms with Crippen LogP contribution in [-0.4, -0.2) is 20.7 Å². The fourth-order valence-corrected chi connectivity index (χ4v) is 3.76. The summed E-state index contributed by atoms with van der Waals surface area (Å²) >= 11 is 7.45. The maximum atomic E-state index is 12.8. The van der Waals surface area contributed by atoms with Gasteiger partial charge in [0.1, 0.15) is 5.01 Å². The molecule has 0 amide bonds. The van der Waals surface area contributed by atoms with Gasteiger partial charge >= 0.3 is 5.97 Å². The second-order valence-corrected chi connectivity index (χ2v) is 7.18. The molecule has 130 valence electrons. The number of carbonyl (C=O) groups is 1. The van der Waals surface area contributed by atoms with E-state index in [2.05, 4.69) is 10.1 Å². The number of hydrogen-bond acceptors (Lipinski definition) is 6. The summed E-state index contributed by atoms with van der Waals surface area (Å²) in [5, 5.41) is 6.47. The van der Waals surface area contributed by atoms with Crippen molar-refractivity contribution in [3.05, 3.63) is 62.8 Å². The lowest BCUT2D eigenvalue weighted by molar-refractivity contribution is -0.132. The van der Waals surface area contributed by atoms with Crippen LogP contribution in [0.5, 0.6) is 5.88 Å². The molecule has 0 aliphatic rings. The number of halogens is 1. The van der Waals surface area contributed by atoms with Gasteiger partial charge in [0.25, 0.3) is 5.56 Å². The molecule has 8 heteroatoms. The topological polar surface area (TPSA) is 74.1 Å². The van der Waals surface area contributed by atoms with Crippen molar-refractivity contribution >= 4 is 49.9 Å². The first-order chi connectivity index (χ1) is 12.5. The Balaban J connectivity index is 1.83. The van der Waals surface area contributed by atoms with E-state index in [4.69, 9.17) is 16.3 Å². The third-order valence-electron chi connectivity index (χ3n) is 3.75. The highest BCUT2D eigenvalue weighted by atomic mass is 35.5. The lowest BCUT2D eigenvalue weighted by atomic mass is 10.2. The molecule has 0 saturated carbocycles. The van der Waals surface area contributed by atoms with E-state index >= 15 is 0 Å². The van der Waals surface area contributed by atoms with Crippen LogP contribution in [0, 0.1) is 0 Å². The Morgan fingerprint density at radius 2 is 2.00 bits per heavy atom. The third-order valence-corrected chi connectivity index (χ3v) is 5.01. The normalized spacial score (nSPS) is 11.2. The van der Waals surface area contributed by atoms with Gasteiger partial charge in [-0.3, -0.25) is 9.59 Å². The summed E-state index contributed by atoms with van der Waals surface area (Å²) in [4.78, 5) is 28.7. The molecule has 0 spiro atoms. The molecule has 0 aliphatic carbocycles. The van der Waals surface area contributed by atoms with Crippen molar-refractivity contribution < 1.29 is 9.53 Å². The van der Waals surface area contributed by atoms with Crippen LogP contribution < -0.4 is 10.3 Å². The number of thiazole rings is 1. The number of ether oxygens (including phenoxy) is 1. The van der Waals surface area contributed by atoms with Crippen molar-refractivity contribution in [1.82, 2.24) is 14.8 Å². The molecule has 0 saturated heterocycles. The zero-order valence-electron chi connectivity index (χ0n) is 13.6. The van der Waals surface area contributed by atoms with Gasteiger partial charge < -0.3 is 4.74 Å². The third kappa shape index (κ3) is 3.07. The van der Waals surface area contributed by atoms with E-state index in [-0.39, 0.29) is 18.0 Å². The van der Waals surface area contributed by atoms with Gasteiger partial charge in [0, 0.05) is 11.9 Å². The second-order valence-electron chi connectivity index (χ2n) is 5.63. The van der Waals surface area contributed by atoms with Gasteiger partial charge in [0.05, 0.1) is 27.5 Å². The molecular formula is C18H12ClN3O3S. The fourth-order valence-electron chi connectivity index (χ4n) is 2.67. The average molecular weight is 386 g/mol. The molecule has 0 fully saturated rings. The van der Waals surface area contributed by atoms with Crippen LogP contribution in [0.3, 0.4) is 0 Å². The molecule has 0 bridgehead atoms. The van der Waals surface area contributed by atoms with E-state index in [1.807, 2.05) is 6.07 Å². The predicted octanol–water partition coefficient (Wildman–Crippen LogP) is 3.63. The lowest BCUT2D eigenvalue weighted by Crippen LogP contribution is -2.25. The lowest BCUT2D eigenvalue weighted by Gasteiger charge is -2.09. The van der Waals surface area contributed by atoms with Crippen LogP contribution >= 0.6 is 22.9 Å². The summed E-state index contributed by atoms with van der Waals surface area (Å²) in [6.07, 6.45) is 0. The number of benzene rings is 2. The van der Waals surface area contributed by atoms with Gasteiger partial charge in [-0.15, -0.1) is 16.4 Å². The summed E-state index contributed by atoms with van der Waals surface area (Å²) in [5.74, 6) is -0.390. The molecule has 4 aromatic rings. The van der Waals surface area contributed by atoms with E-state index in [0.29, 0.717) is 20.8 Å². The molecule has 0 aliphatic heterocycles. The van der Waals surface area contributed by atoms with E-state index in [1.54, 1.807) is 36.4 Å². The van der Waals surface area contributed by atoms with Crippen molar-refractivity contribution in [3.63, 3.8) is 0 Å². The Morgan fingerprint density at radius 3 is 2.77 bits per heavy atom. The van der Waals surface area contributed by atoms with Crippen molar-refractivity contribution in [2.75, 3.05) is 0 Å². The number of carbonyl (C=O) groups excluding carboxylic acids is 1. The minimum atomic E-state index is -0.498. The highest BCUT2D eigenvalue weighted by molar-refractivity contribution is 7.18. The van der Waals surface area contributed by atoms with Gasteiger partial charge in [-0.2, -0.15) is 0 Å². The number of esters is 1. The molecule has 2 aromatic heterocycles. The van der Waals surface area contributed by atoms with Crippen molar-refractivity contribution in [1.29, 1.82) is 0 Å². The zero-order chi connectivity index (χ0) is 18.3. The first-order valence-electron chi connectivity index (χ1n) is 7.74. The van der Waals surface area contributed by atoms with Crippen molar-refractivity contribution in [2.45, 2.75) is 13.5 Å². The van der Waals surface area contributed by atoms with Gasteiger partial charge in [-0.25, -0.2) is 9.67 Å². The number of hydrogen-bond donors (Lipinski definition) is 0. The molecule has 0 N–H and O–H groups in total. The molecule has 2 heterocycles. The first-order valence-corrected chi connectivity index (χ1v) is 8.94. The Bertz CT molecular complexity index is 1220. The van der Waals surface area contributed by atoms with Gasteiger partial charge in [-0.05, 0) is 30.3 Å². The molecule has 4 rings (SSSR count). The zero-order valence-corrected chi connectivity index (χ0v) is 15.2. The van der Waals surface area contributed by atoms with Crippen molar-refractivity contribution in [3.8, 4) is 5.88 Å². The average Bonchev–Trinajstić information content (AvgIpc) is 3.00. The SMILES string of the molecule is CC(=O)Oc1nn(Cc2nc3cc(Cl)ccc3s2)c(=O)c2ccccc12. The number of rotatable bonds is 3. The Kier molecular flexibility index (Phi) is 4.18. The minimum Gasteiger partial charge on any atom is -0.405 e. The summed E-state index contributed by atoms with van der Waals surface area (Å²) in [5.41, 5.74) is 0.500. The quantitative estimate of drug-likeness (QED) is 0.503. The molecule has 6 nitrogen and oxygen atoms in total. The fraction of sp³-hybridized carbons (Fsp3) is 0.111.